The molecule has 0 radical (unpaired) electrons. The number of aryl methyl sites for hydroxylation is 1. The van der Waals surface area contributed by atoms with Crippen LogP contribution in [0.2, 0.25) is 0 Å². The van der Waals surface area contributed by atoms with Crippen molar-refractivity contribution in [1.82, 2.24) is 14.8 Å². The maximum absolute atomic E-state index is 6.17. The van der Waals surface area contributed by atoms with Gasteiger partial charge in [-0.15, -0.1) is 10.2 Å². The molecular weight excluding hydrogens is 262 g/mol. The number of nitrogens with zero attached hydrogens (tertiary/aromatic N) is 4. The Labute approximate surface area is 125 Å². The molecule has 1 aliphatic rings. The summed E-state index contributed by atoms with van der Waals surface area (Å²) in [6, 6.07) is 6.89. The quantitative estimate of drug-likeness (QED) is 0.932. The van der Waals surface area contributed by atoms with E-state index in [4.69, 9.17) is 5.73 Å². The van der Waals surface area contributed by atoms with Gasteiger partial charge in [-0.25, -0.2) is 0 Å². The molecule has 0 aliphatic carbocycles. The first-order chi connectivity index (χ1) is 10.2. The van der Waals surface area contributed by atoms with Crippen LogP contribution in [0.3, 0.4) is 0 Å². The second-order valence-corrected chi connectivity index (χ2v) is 5.87. The fraction of sp³-hybridized carbons (Fsp3) is 0.500. The Morgan fingerprint density at radius 2 is 2.19 bits per heavy atom. The van der Waals surface area contributed by atoms with Gasteiger partial charge in [0.05, 0.1) is 6.54 Å². The Morgan fingerprint density at radius 3 is 3.00 bits per heavy atom. The zero-order chi connectivity index (χ0) is 14.8. The minimum atomic E-state index is 0.221. The van der Waals surface area contributed by atoms with Crippen LogP contribution >= 0.6 is 0 Å². The van der Waals surface area contributed by atoms with Gasteiger partial charge < -0.3 is 15.2 Å². The molecule has 1 unspecified atom stereocenters. The number of fused-ring (bicyclic) bond motifs is 1. The van der Waals surface area contributed by atoms with E-state index in [1.54, 1.807) is 0 Å². The highest BCUT2D eigenvalue weighted by molar-refractivity contribution is 5.55. The first kappa shape index (κ1) is 14.1. The van der Waals surface area contributed by atoms with Gasteiger partial charge in [-0.3, -0.25) is 0 Å². The summed E-state index contributed by atoms with van der Waals surface area (Å²) in [7, 11) is 0. The van der Waals surface area contributed by atoms with E-state index in [1.807, 2.05) is 6.33 Å². The van der Waals surface area contributed by atoms with E-state index in [9.17, 15) is 0 Å². The molecule has 0 bridgehead atoms. The average molecular weight is 285 g/mol. The molecule has 21 heavy (non-hydrogen) atoms. The molecule has 2 heterocycles. The number of nitrogens with two attached hydrogens (primary N) is 1. The van der Waals surface area contributed by atoms with Gasteiger partial charge in [0.2, 0.25) is 0 Å². The smallest absolute Gasteiger partial charge is 0.152 e. The molecule has 2 aromatic rings. The Kier molecular flexibility index (Phi) is 3.92. The standard InChI is InChI=1S/C16H23N5/c1-3-14(17)9-13-8-12(2)4-5-15(13)20-6-7-21-11-18-19-16(21)10-20/h4-5,8,11,14H,3,6-7,9-10,17H2,1-2H3. The molecule has 0 spiro atoms. The third-order valence-electron chi connectivity index (χ3n) is 4.22. The molecule has 1 atom stereocenters. The second-order valence-electron chi connectivity index (χ2n) is 5.87. The first-order valence-electron chi connectivity index (χ1n) is 7.64. The highest BCUT2D eigenvalue weighted by Crippen LogP contribution is 2.26. The highest BCUT2D eigenvalue weighted by atomic mass is 15.3. The van der Waals surface area contributed by atoms with Crippen molar-refractivity contribution in [3.05, 3.63) is 41.5 Å². The SMILES string of the molecule is CCC(N)Cc1cc(C)ccc1N1CCn2cnnc2C1. The summed E-state index contributed by atoms with van der Waals surface area (Å²) in [4.78, 5) is 2.39. The summed E-state index contributed by atoms with van der Waals surface area (Å²) >= 11 is 0. The van der Waals surface area contributed by atoms with Crippen LogP contribution < -0.4 is 10.6 Å². The first-order valence-corrected chi connectivity index (χ1v) is 7.64. The van der Waals surface area contributed by atoms with Crippen molar-refractivity contribution >= 4 is 5.69 Å². The Bertz CT molecular complexity index is 619. The molecule has 1 aromatic heterocycles. The van der Waals surface area contributed by atoms with Crippen LogP contribution in [0.5, 0.6) is 0 Å². The van der Waals surface area contributed by atoms with Crippen molar-refractivity contribution in [2.75, 3.05) is 11.4 Å². The van der Waals surface area contributed by atoms with Crippen LogP contribution in [0.4, 0.5) is 5.69 Å². The lowest BCUT2D eigenvalue weighted by molar-refractivity contribution is 0.556. The Hall–Kier alpha value is -1.88. The normalized spacial score (nSPS) is 15.9. The number of hydrogen-bond acceptors (Lipinski definition) is 4. The summed E-state index contributed by atoms with van der Waals surface area (Å²) in [5.74, 6) is 1.03. The second kappa shape index (κ2) is 5.85. The highest BCUT2D eigenvalue weighted by Gasteiger charge is 2.20. The van der Waals surface area contributed by atoms with Gasteiger partial charge in [0.15, 0.2) is 5.82 Å². The van der Waals surface area contributed by atoms with Crippen LogP contribution in [0.1, 0.15) is 30.3 Å². The molecule has 0 amide bonds. The van der Waals surface area contributed by atoms with Gasteiger partial charge in [0.1, 0.15) is 6.33 Å². The van der Waals surface area contributed by atoms with Gasteiger partial charge in [-0.2, -0.15) is 0 Å². The molecule has 5 heteroatoms. The van der Waals surface area contributed by atoms with E-state index in [2.05, 4.69) is 51.7 Å². The van der Waals surface area contributed by atoms with Gasteiger partial charge in [-0.1, -0.05) is 24.6 Å². The van der Waals surface area contributed by atoms with E-state index < -0.39 is 0 Å². The van der Waals surface area contributed by atoms with Crippen LogP contribution in [0, 0.1) is 6.92 Å². The third kappa shape index (κ3) is 2.93. The minimum absolute atomic E-state index is 0.221. The van der Waals surface area contributed by atoms with Crippen LogP contribution in [0.15, 0.2) is 24.5 Å². The molecule has 112 valence electrons. The largest absolute Gasteiger partial charge is 0.362 e. The summed E-state index contributed by atoms with van der Waals surface area (Å²) < 4.78 is 2.13. The maximum atomic E-state index is 6.17. The lowest BCUT2D eigenvalue weighted by atomic mass is 10.00. The minimum Gasteiger partial charge on any atom is -0.362 e. The van der Waals surface area contributed by atoms with Crippen LogP contribution in [-0.4, -0.2) is 27.4 Å². The molecule has 1 aliphatic heterocycles. The fourth-order valence-electron chi connectivity index (χ4n) is 2.89. The van der Waals surface area contributed by atoms with E-state index in [-0.39, 0.29) is 6.04 Å². The molecule has 3 rings (SSSR count). The zero-order valence-corrected chi connectivity index (χ0v) is 12.8. The van der Waals surface area contributed by atoms with Crippen molar-refractivity contribution in [2.45, 2.75) is 45.8 Å². The lowest BCUT2D eigenvalue weighted by Gasteiger charge is -2.31. The molecular formula is C16H23N5. The number of aromatic nitrogens is 3. The predicted octanol–water partition coefficient (Wildman–Crippen LogP) is 1.89. The van der Waals surface area contributed by atoms with Gasteiger partial charge in [0, 0.05) is 24.8 Å². The maximum Gasteiger partial charge on any atom is 0.152 e. The van der Waals surface area contributed by atoms with Crippen molar-refractivity contribution in [2.24, 2.45) is 5.73 Å². The predicted molar refractivity (Wildman–Crippen MR) is 84.2 cm³/mol. The van der Waals surface area contributed by atoms with Gasteiger partial charge >= 0.3 is 0 Å². The van der Waals surface area contributed by atoms with Crippen molar-refractivity contribution in [3.63, 3.8) is 0 Å². The monoisotopic (exact) mass is 285 g/mol. The fourth-order valence-corrected chi connectivity index (χ4v) is 2.89. The molecule has 1 aromatic carbocycles. The molecule has 0 saturated heterocycles. The number of hydrogen-bond donors (Lipinski definition) is 1. The summed E-state index contributed by atoms with van der Waals surface area (Å²) in [5, 5.41) is 8.20. The Balaban J connectivity index is 1.88. The number of benzene rings is 1. The van der Waals surface area contributed by atoms with Crippen LogP contribution in [-0.2, 0) is 19.5 Å². The summed E-state index contributed by atoms with van der Waals surface area (Å²) in [6.45, 7) is 7.02. The van der Waals surface area contributed by atoms with Gasteiger partial charge in [-0.05, 0) is 31.4 Å². The number of anilines is 1. The van der Waals surface area contributed by atoms with Crippen LogP contribution in [0.25, 0.3) is 0 Å². The zero-order valence-electron chi connectivity index (χ0n) is 12.8. The van der Waals surface area contributed by atoms with Crippen molar-refractivity contribution in [1.29, 1.82) is 0 Å². The van der Waals surface area contributed by atoms with E-state index >= 15 is 0 Å². The number of rotatable bonds is 4. The topological polar surface area (TPSA) is 60.0 Å². The van der Waals surface area contributed by atoms with Crippen molar-refractivity contribution < 1.29 is 0 Å². The average Bonchev–Trinajstić information content (AvgIpc) is 2.94. The lowest BCUT2D eigenvalue weighted by Crippen LogP contribution is -2.34. The third-order valence-corrected chi connectivity index (χ3v) is 4.22. The molecule has 0 fully saturated rings. The van der Waals surface area contributed by atoms with E-state index in [0.717, 1.165) is 38.3 Å². The summed E-state index contributed by atoms with van der Waals surface area (Å²) in [6.07, 6.45) is 3.74. The Morgan fingerprint density at radius 1 is 1.33 bits per heavy atom. The van der Waals surface area contributed by atoms with E-state index in [0.29, 0.717) is 0 Å². The summed E-state index contributed by atoms with van der Waals surface area (Å²) in [5.41, 5.74) is 10.1. The molecule has 2 N–H and O–H groups in total. The van der Waals surface area contributed by atoms with E-state index in [1.165, 1.54) is 16.8 Å². The molecule has 5 nitrogen and oxygen atoms in total. The van der Waals surface area contributed by atoms with Gasteiger partial charge in [0.25, 0.3) is 0 Å². The molecule has 0 saturated carbocycles. The van der Waals surface area contributed by atoms with Crippen molar-refractivity contribution in [3.8, 4) is 0 Å².